The van der Waals surface area contributed by atoms with Gasteiger partial charge in [-0.3, -0.25) is 0 Å². The highest BCUT2D eigenvalue weighted by Crippen LogP contribution is 2.34. The Labute approximate surface area is 118 Å². The second kappa shape index (κ2) is 5.57. The Morgan fingerprint density at radius 3 is 2.90 bits per heavy atom. The number of rotatable bonds is 2. The smallest absolute Gasteiger partial charge is 0.183 e. The lowest BCUT2D eigenvalue weighted by atomic mass is 10.1. The van der Waals surface area contributed by atoms with Gasteiger partial charge in [-0.2, -0.15) is 0 Å². The second-order valence-corrected chi connectivity index (χ2v) is 5.09. The summed E-state index contributed by atoms with van der Waals surface area (Å²) in [5, 5.41) is 3.26. The van der Waals surface area contributed by atoms with E-state index in [1.54, 1.807) is 0 Å². The number of benzene rings is 1. The van der Waals surface area contributed by atoms with Crippen LogP contribution in [0, 0.1) is 6.92 Å². The number of nitrogens with zero attached hydrogens (tertiary/aromatic N) is 1. The Hall–Kier alpha value is -1.97. The molecule has 2 aliphatic rings. The molecule has 1 aromatic carbocycles. The van der Waals surface area contributed by atoms with Crippen molar-refractivity contribution in [3.05, 3.63) is 29.5 Å². The van der Waals surface area contributed by atoms with Crippen LogP contribution >= 0.6 is 0 Å². The highest BCUT2D eigenvalue weighted by Gasteiger charge is 2.29. The number of nitrogens with one attached hydrogen (secondary N) is 1. The van der Waals surface area contributed by atoms with Crippen LogP contribution in [0.1, 0.15) is 5.56 Å². The number of hydrogen-bond donors (Lipinski definition) is 1. The molecule has 1 unspecified atom stereocenters. The van der Waals surface area contributed by atoms with Crippen molar-refractivity contribution in [2.45, 2.75) is 13.0 Å². The van der Waals surface area contributed by atoms with Crippen molar-refractivity contribution in [1.82, 2.24) is 10.2 Å². The molecule has 106 valence electrons. The molecule has 0 amide bonds. The molecule has 0 radical (unpaired) electrons. The zero-order valence-electron chi connectivity index (χ0n) is 11.5. The highest BCUT2D eigenvalue weighted by molar-refractivity contribution is 5.55. The molecule has 2 heterocycles. The van der Waals surface area contributed by atoms with Gasteiger partial charge >= 0.3 is 0 Å². The maximum Gasteiger partial charge on any atom is 0.183 e. The molecular formula is C15H18N2O3. The second-order valence-electron chi connectivity index (χ2n) is 5.09. The standard InChI is InChI=1S/C15H18N2O3/c1-11-2-3-13-14(8-11)20-15(10-19-13)12(9-18)17-6-4-16-5-7-17/h2-3,8,15-16H,4-7,10H2,1H3. The quantitative estimate of drug-likeness (QED) is 0.807. The van der Waals surface area contributed by atoms with Gasteiger partial charge < -0.3 is 19.7 Å². The van der Waals surface area contributed by atoms with E-state index >= 15 is 0 Å². The van der Waals surface area contributed by atoms with Gasteiger partial charge in [0, 0.05) is 26.2 Å². The van der Waals surface area contributed by atoms with Crippen LogP contribution in [0.3, 0.4) is 0 Å². The van der Waals surface area contributed by atoms with Crippen molar-refractivity contribution in [3.63, 3.8) is 0 Å². The monoisotopic (exact) mass is 274 g/mol. The number of fused-ring (bicyclic) bond motifs is 1. The maximum atomic E-state index is 11.3. The predicted molar refractivity (Wildman–Crippen MR) is 74.7 cm³/mol. The minimum absolute atomic E-state index is 0.352. The van der Waals surface area contributed by atoms with E-state index in [0.717, 1.165) is 37.5 Å². The highest BCUT2D eigenvalue weighted by atomic mass is 16.6. The van der Waals surface area contributed by atoms with E-state index in [9.17, 15) is 4.79 Å². The molecule has 5 heteroatoms. The van der Waals surface area contributed by atoms with Gasteiger partial charge in [0.05, 0.1) is 0 Å². The lowest BCUT2D eigenvalue weighted by Gasteiger charge is -2.35. The first-order valence-corrected chi connectivity index (χ1v) is 6.88. The van der Waals surface area contributed by atoms with Crippen LogP contribution in [0.15, 0.2) is 23.9 Å². The fraction of sp³-hybridized carbons (Fsp3) is 0.467. The van der Waals surface area contributed by atoms with Gasteiger partial charge in [-0.1, -0.05) is 6.07 Å². The van der Waals surface area contributed by atoms with Crippen molar-refractivity contribution in [1.29, 1.82) is 0 Å². The van der Waals surface area contributed by atoms with E-state index in [2.05, 4.69) is 5.32 Å². The zero-order valence-corrected chi connectivity index (χ0v) is 11.5. The van der Waals surface area contributed by atoms with Crippen LogP contribution in [0.4, 0.5) is 0 Å². The van der Waals surface area contributed by atoms with E-state index in [0.29, 0.717) is 18.1 Å². The summed E-state index contributed by atoms with van der Waals surface area (Å²) in [5.41, 5.74) is 1.66. The largest absolute Gasteiger partial charge is 0.485 e. The summed E-state index contributed by atoms with van der Waals surface area (Å²) >= 11 is 0. The normalized spacial score (nSPS) is 21.2. The molecule has 1 atom stereocenters. The molecule has 3 rings (SSSR count). The fourth-order valence-corrected chi connectivity index (χ4v) is 2.55. The predicted octanol–water partition coefficient (Wildman–Crippen LogP) is 0.756. The van der Waals surface area contributed by atoms with Gasteiger partial charge in [0.2, 0.25) is 0 Å². The molecule has 1 fully saturated rings. The van der Waals surface area contributed by atoms with E-state index in [1.165, 1.54) is 0 Å². The van der Waals surface area contributed by atoms with Gasteiger partial charge in [-0.05, 0) is 24.6 Å². The average molecular weight is 274 g/mol. The third-order valence-electron chi connectivity index (χ3n) is 3.63. The Morgan fingerprint density at radius 2 is 2.15 bits per heavy atom. The van der Waals surface area contributed by atoms with Crippen molar-refractivity contribution < 1.29 is 14.3 Å². The number of aryl methyl sites for hydroxylation is 1. The molecule has 0 spiro atoms. The van der Waals surface area contributed by atoms with Crippen LogP contribution in [0.2, 0.25) is 0 Å². The lowest BCUT2D eigenvalue weighted by molar-refractivity contribution is 0.0898. The van der Waals surface area contributed by atoms with Crippen LogP contribution in [-0.4, -0.2) is 49.7 Å². The SMILES string of the molecule is Cc1ccc2c(c1)OC(C(=C=O)N1CCNCC1)CO2. The van der Waals surface area contributed by atoms with Gasteiger partial charge in [0.1, 0.15) is 18.2 Å². The molecule has 1 aromatic rings. The molecule has 2 aliphatic heterocycles. The van der Waals surface area contributed by atoms with E-state index < -0.39 is 0 Å². The maximum absolute atomic E-state index is 11.3. The Morgan fingerprint density at radius 1 is 1.35 bits per heavy atom. The Kier molecular flexibility index (Phi) is 3.63. The molecular weight excluding hydrogens is 256 g/mol. The van der Waals surface area contributed by atoms with Crippen LogP contribution < -0.4 is 14.8 Å². The zero-order chi connectivity index (χ0) is 13.9. The van der Waals surface area contributed by atoms with Crippen LogP contribution in [0.25, 0.3) is 0 Å². The van der Waals surface area contributed by atoms with E-state index in [4.69, 9.17) is 9.47 Å². The lowest BCUT2D eigenvalue weighted by Crippen LogP contribution is -2.47. The molecule has 0 aromatic heterocycles. The summed E-state index contributed by atoms with van der Waals surface area (Å²) in [6.07, 6.45) is -0.375. The van der Waals surface area contributed by atoms with Gasteiger partial charge in [-0.15, -0.1) is 0 Å². The summed E-state index contributed by atoms with van der Waals surface area (Å²) in [6.45, 7) is 5.68. The van der Waals surface area contributed by atoms with Gasteiger partial charge in [-0.25, -0.2) is 4.79 Å². The third kappa shape index (κ3) is 2.50. The number of piperazine rings is 1. The van der Waals surface area contributed by atoms with Crippen molar-refractivity contribution in [3.8, 4) is 11.5 Å². The summed E-state index contributed by atoms with van der Waals surface area (Å²) in [7, 11) is 0. The van der Waals surface area contributed by atoms with E-state index in [-0.39, 0.29) is 6.10 Å². The minimum atomic E-state index is -0.375. The summed E-state index contributed by atoms with van der Waals surface area (Å²) < 4.78 is 11.6. The number of carbonyl (C=O) groups excluding carboxylic acids is 1. The number of hydrogen-bond acceptors (Lipinski definition) is 5. The topological polar surface area (TPSA) is 50.8 Å². The number of ether oxygens (including phenoxy) is 2. The molecule has 0 saturated carbocycles. The minimum Gasteiger partial charge on any atom is -0.485 e. The first-order chi connectivity index (χ1) is 9.78. The molecule has 1 N–H and O–H groups in total. The van der Waals surface area contributed by atoms with Crippen molar-refractivity contribution in [2.24, 2.45) is 0 Å². The average Bonchev–Trinajstić information content (AvgIpc) is 2.49. The molecule has 0 bridgehead atoms. The summed E-state index contributed by atoms with van der Waals surface area (Å²) in [6, 6.07) is 5.81. The van der Waals surface area contributed by atoms with Crippen molar-refractivity contribution >= 4 is 5.94 Å². The van der Waals surface area contributed by atoms with Crippen LogP contribution in [-0.2, 0) is 4.79 Å². The molecule has 5 nitrogen and oxygen atoms in total. The van der Waals surface area contributed by atoms with Crippen molar-refractivity contribution in [2.75, 3.05) is 32.8 Å². The van der Waals surface area contributed by atoms with Gasteiger partial charge in [0.25, 0.3) is 0 Å². The Bertz CT molecular complexity index is 546. The molecule has 20 heavy (non-hydrogen) atoms. The first kappa shape index (κ1) is 13.0. The van der Waals surface area contributed by atoms with E-state index in [1.807, 2.05) is 36.0 Å². The summed E-state index contributed by atoms with van der Waals surface area (Å²) in [5.74, 6) is 3.48. The van der Waals surface area contributed by atoms with Gasteiger partial charge in [0.15, 0.2) is 17.6 Å². The Balaban J connectivity index is 1.79. The molecule has 0 aliphatic carbocycles. The third-order valence-corrected chi connectivity index (χ3v) is 3.63. The molecule has 1 saturated heterocycles. The van der Waals surface area contributed by atoms with Crippen LogP contribution in [0.5, 0.6) is 11.5 Å². The first-order valence-electron chi connectivity index (χ1n) is 6.88. The fourth-order valence-electron chi connectivity index (χ4n) is 2.55. The summed E-state index contributed by atoms with van der Waals surface area (Å²) in [4.78, 5) is 13.3.